The molecule has 0 saturated carbocycles. The zero-order valence-corrected chi connectivity index (χ0v) is 11.3. The summed E-state index contributed by atoms with van der Waals surface area (Å²) in [6.45, 7) is 0.708. The Morgan fingerprint density at radius 3 is 2.76 bits per heavy atom. The third kappa shape index (κ3) is 2.65. The third-order valence-corrected chi connectivity index (χ3v) is 3.76. The first-order chi connectivity index (χ1) is 9.97. The lowest BCUT2D eigenvalue weighted by atomic mass is 10.0. The summed E-state index contributed by atoms with van der Waals surface area (Å²) < 4.78 is 40.9. The van der Waals surface area contributed by atoms with Crippen LogP contribution in [0.1, 0.15) is 41.7 Å². The number of alkyl halides is 3. The van der Waals surface area contributed by atoms with Crippen molar-refractivity contribution >= 4 is 0 Å². The molecule has 2 heterocycles. The number of halogens is 3. The summed E-state index contributed by atoms with van der Waals surface area (Å²) in [5.41, 5.74) is 5.53. The first-order valence-corrected chi connectivity index (χ1v) is 6.79. The molecule has 0 saturated heterocycles. The molecule has 0 bridgehead atoms. The van der Waals surface area contributed by atoms with Crippen LogP contribution in [0.15, 0.2) is 24.3 Å². The minimum atomic E-state index is -4.36. The molecule has 1 aromatic carbocycles. The monoisotopic (exact) mass is 296 g/mol. The first kappa shape index (κ1) is 14.1. The van der Waals surface area contributed by atoms with E-state index in [1.165, 1.54) is 12.1 Å². The molecule has 1 aliphatic rings. The predicted molar refractivity (Wildman–Crippen MR) is 70.4 cm³/mol. The molecule has 0 amide bonds. The van der Waals surface area contributed by atoms with Gasteiger partial charge in [-0.3, -0.25) is 0 Å². The number of hydrogen-bond acceptors (Lipinski definition) is 3. The van der Waals surface area contributed by atoms with E-state index in [2.05, 4.69) is 10.2 Å². The van der Waals surface area contributed by atoms with Crippen molar-refractivity contribution < 1.29 is 13.2 Å². The van der Waals surface area contributed by atoms with Crippen molar-refractivity contribution in [1.82, 2.24) is 14.8 Å². The summed E-state index contributed by atoms with van der Waals surface area (Å²) in [6, 6.07) is 5.38. The van der Waals surface area contributed by atoms with Crippen molar-refractivity contribution in [1.29, 1.82) is 0 Å². The van der Waals surface area contributed by atoms with E-state index in [1.54, 1.807) is 6.07 Å². The van der Waals surface area contributed by atoms with Gasteiger partial charge in [0.25, 0.3) is 0 Å². The fraction of sp³-hybridized carbons (Fsp3) is 0.429. The molecule has 0 fully saturated rings. The van der Waals surface area contributed by atoms with Crippen LogP contribution in [-0.2, 0) is 19.1 Å². The zero-order chi connectivity index (χ0) is 15.0. The van der Waals surface area contributed by atoms with Crippen molar-refractivity contribution in [3.63, 3.8) is 0 Å². The van der Waals surface area contributed by atoms with Crippen LogP contribution in [0.4, 0.5) is 13.2 Å². The molecule has 0 spiro atoms. The second-order valence-electron chi connectivity index (χ2n) is 5.21. The van der Waals surface area contributed by atoms with E-state index in [4.69, 9.17) is 5.73 Å². The summed E-state index contributed by atoms with van der Waals surface area (Å²) in [5.74, 6) is 1.21. The van der Waals surface area contributed by atoms with Crippen LogP contribution >= 0.6 is 0 Å². The largest absolute Gasteiger partial charge is 0.416 e. The molecule has 0 radical (unpaired) electrons. The first-order valence-electron chi connectivity index (χ1n) is 6.79. The Morgan fingerprint density at radius 2 is 2.00 bits per heavy atom. The number of nitrogens with zero attached hydrogens (tertiary/aromatic N) is 3. The van der Waals surface area contributed by atoms with Crippen LogP contribution in [0.2, 0.25) is 0 Å². The molecule has 1 unspecified atom stereocenters. The van der Waals surface area contributed by atoms with Gasteiger partial charge in [-0.2, -0.15) is 13.2 Å². The molecule has 4 nitrogen and oxygen atoms in total. The fourth-order valence-corrected chi connectivity index (χ4v) is 2.72. The van der Waals surface area contributed by atoms with Crippen molar-refractivity contribution in [3.05, 3.63) is 47.0 Å². The topological polar surface area (TPSA) is 56.7 Å². The standard InChI is InChI=1S/C14H15F3N4/c15-14(16,17)10-5-2-1-4-9(10)8-12-19-20-13-11(18)6-3-7-21(12)13/h1-2,4-5,11H,3,6-8,18H2. The van der Waals surface area contributed by atoms with Crippen molar-refractivity contribution in [2.24, 2.45) is 5.73 Å². The second-order valence-corrected chi connectivity index (χ2v) is 5.21. The minimum Gasteiger partial charge on any atom is -0.321 e. The number of fused-ring (bicyclic) bond motifs is 1. The average molecular weight is 296 g/mol. The lowest BCUT2D eigenvalue weighted by molar-refractivity contribution is -0.138. The third-order valence-electron chi connectivity index (χ3n) is 3.76. The zero-order valence-electron chi connectivity index (χ0n) is 11.3. The van der Waals surface area contributed by atoms with Crippen molar-refractivity contribution in [2.75, 3.05) is 0 Å². The molecule has 21 heavy (non-hydrogen) atoms. The van der Waals surface area contributed by atoms with E-state index in [0.717, 1.165) is 18.9 Å². The van der Waals surface area contributed by atoms with Crippen LogP contribution in [-0.4, -0.2) is 14.8 Å². The van der Waals surface area contributed by atoms with Gasteiger partial charge in [0.1, 0.15) is 11.6 Å². The van der Waals surface area contributed by atoms with Gasteiger partial charge in [-0.25, -0.2) is 0 Å². The maximum atomic E-state index is 13.0. The van der Waals surface area contributed by atoms with Gasteiger partial charge in [-0.05, 0) is 24.5 Å². The molecule has 0 aliphatic carbocycles. The van der Waals surface area contributed by atoms with Crippen LogP contribution in [0.5, 0.6) is 0 Å². The second kappa shape index (κ2) is 5.14. The lowest BCUT2D eigenvalue weighted by Crippen LogP contribution is -2.23. The predicted octanol–water partition coefficient (Wildman–Crippen LogP) is 2.68. The Labute approximate surface area is 119 Å². The lowest BCUT2D eigenvalue weighted by Gasteiger charge is -2.20. The van der Waals surface area contributed by atoms with E-state index in [9.17, 15) is 13.2 Å². The van der Waals surface area contributed by atoms with Gasteiger partial charge in [-0.1, -0.05) is 18.2 Å². The number of aromatic nitrogens is 3. The molecule has 112 valence electrons. The fourth-order valence-electron chi connectivity index (χ4n) is 2.72. The molecule has 1 atom stereocenters. The van der Waals surface area contributed by atoms with Crippen molar-refractivity contribution in [3.8, 4) is 0 Å². The van der Waals surface area contributed by atoms with Gasteiger partial charge in [0.2, 0.25) is 0 Å². The highest BCUT2D eigenvalue weighted by Gasteiger charge is 2.33. The minimum absolute atomic E-state index is 0.107. The Hall–Kier alpha value is -1.89. The molecule has 1 aliphatic heterocycles. The number of rotatable bonds is 2. The average Bonchev–Trinajstić information content (AvgIpc) is 2.83. The van der Waals surface area contributed by atoms with E-state index in [1.807, 2.05) is 4.57 Å². The summed E-state index contributed by atoms with van der Waals surface area (Å²) in [7, 11) is 0. The van der Waals surface area contributed by atoms with Gasteiger partial charge in [0, 0.05) is 13.0 Å². The van der Waals surface area contributed by atoms with Crippen molar-refractivity contribution in [2.45, 2.75) is 38.0 Å². The van der Waals surface area contributed by atoms with Crippen LogP contribution in [0, 0.1) is 0 Å². The molecule has 7 heteroatoms. The van der Waals surface area contributed by atoms with E-state index < -0.39 is 11.7 Å². The normalized spacial score (nSPS) is 18.6. The number of hydrogen-bond donors (Lipinski definition) is 1. The Balaban J connectivity index is 1.95. The maximum Gasteiger partial charge on any atom is 0.416 e. The molecular formula is C14H15F3N4. The van der Waals surface area contributed by atoms with Gasteiger partial charge in [-0.15, -0.1) is 10.2 Å². The molecule has 2 aromatic rings. The quantitative estimate of drug-likeness (QED) is 0.927. The van der Waals surface area contributed by atoms with Gasteiger partial charge in [0.05, 0.1) is 11.6 Å². The summed E-state index contributed by atoms with van der Waals surface area (Å²) in [5, 5.41) is 8.06. The maximum absolute atomic E-state index is 13.0. The summed E-state index contributed by atoms with van der Waals surface area (Å²) in [6.07, 6.45) is -2.54. The number of nitrogens with two attached hydrogens (primary N) is 1. The van der Waals surface area contributed by atoms with Crippen LogP contribution in [0.25, 0.3) is 0 Å². The highest BCUT2D eigenvalue weighted by atomic mass is 19.4. The summed E-state index contributed by atoms with van der Waals surface area (Å²) >= 11 is 0. The SMILES string of the molecule is NC1CCCn2c(Cc3ccccc3C(F)(F)F)nnc21. The van der Waals surface area contributed by atoms with Gasteiger partial charge < -0.3 is 10.3 Å². The van der Waals surface area contributed by atoms with Crippen LogP contribution < -0.4 is 5.73 Å². The van der Waals surface area contributed by atoms with E-state index in [-0.39, 0.29) is 18.0 Å². The molecule has 1 aromatic heterocycles. The van der Waals surface area contributed by atoms with E-state index in [0.29, 0.717) is 18.2 Å². The Morgan fingerprint density at radius 1 is 1.24 bits per heavy atom. The van der Waals surface area contributed by atoms with Gasteiger partial charge >= 0.3 is 6.18 Å². The molecule has 3 rings (SSSR count). The smallest absolute Gasteiger partial charge is 0.321 e. The Kier molecular flexibility index (Phi) is 3.44. The van der Waals surface area contributed by atoms with Gasteiger partial charge in [0.15, 0.2) is 0 Å². The molecule has 2 N–H and O–H groups in total. The molecular weight excluding hydrogens is 281 g/mol. The Bertz CT molecular complexity index is 648. The summed E-state index contributed by atoms with van der Waals surface area (Å²) in [4.78, 5) is 0. The number of benzene rings is 1. The highest BCUT2D eigenvalue weighted by Crippen LogP contribution is 2.33. The van der Waals surface area contributed by atoms with E-state index >= 15 is 0 Å². The van der Waals surface area contributed by atoms with Crippen LogP contribution in [0.3, 0.4) is 0 Å². The highest BCUT2D eigenvalue weighted by molar-refractivity contribution is 5.32.